The number of nitrogens with zero attached hydrogens (tertiary/aromatic N) is 3. The van der Waals surface area contributed by atoms with Crippen molar-refractivity contribution in [3.63, 3.8) is 0 Å². The van der Waals surface area contributed by atoms with Gasteiger partial charge in [0.1, 0.15) is 6.04 Å². The van der Waals surface area contributed by atoms with E-state index < -0.39 is 6.04 Å². The maximum atomic E-state index is 12.0. The minimum absolute atomic E-state index is 0.124. The maximum absolute atomic E-state index is 12.0. The quantitative estimate of drug-likeness (QED) is 0.378. The molecule has 2 unspecified atom stereocenters. The first-order valence-corrected chi connectivity index (χ1v) is 14.7. The summed E-state index contributed by atoms with van der Waals surface area (Å²) in [4.78, 5) is 43.0. The highest BCUT2D eigenvalue weighted by molar-refractivity contribution is 7.13. The lowest BCUT2D eigenvalue weighted by molar-refractivity contribution is -0.132. The number of thiazole rings is 1. The SMILES string of the molecule is CC(C)(C)CC(=O)N1CC2[C@H](C1)C2(C)C.Cc1ccc2[nH]c(=O)c(CC(C#N)NC=O)cc2c1.Cc1csc(N)n1. The first-order valence-electron chi connectivity index (χ1n) is 13.8. The largest absolute Gasteiger partial charge is 0.375 e. The van der Waals surface area contributed by atoms with Crippen LogP contribution in [0, 0.1) is 47.8 Å². The Balaban J connectivity index is 0.000000186. The maximum Gasteiger partial charge on any atom is 0.251 e. The Morgan fingerprint density at radius 3 is 2.44 bits per heavy atom. The van der Waals surface area contributed by atoms with E-state index in [4.69, 9.17) is 11.0 Å². The second kappa shape index (κ2) is 12.9. The van der Waals surface area contributed by atoms with E-state index in [1.165, 1.54) is 11.3 Å². The van der Waals surface area contributed by atoms with Gasteiger partial charge in [-0.15, -0.1) is 11.3 Å². The summed E-state index contributed by atoms with van der Waals surface area (Å²) in [5.74, 6) is 1.91. The molecule has 10 heteroatoms. The van der Waals surface area contributed by atoms with Gasteiger partial charge in [-0.1, -0.05) is 46.2 Å². The zero-order chi connectivity index (χ0) is 30.5. The van der Waals surface area contributed by atoms with Crippen molar-refractivity contribution in [3.8, 4) is 6.07 Å². The fourth-order valence-corrected chi connectivity index (χ4v) is 5.78. The number of carbonyl (C=O) groups excluding carboxylic acids is 2. The molecule has 2 aromatic heterocycles. The normalized spacial score (nSPS) is 19.0. The van der Waals surface area contributed by atoms with E-state index in [0.29, 0.717) is 34.8 Å². The molecule has 1 aliphatic heterocycles. The predicted octanol–water partition coefficient (Wildman–Crippen LogP) is 4.59. The smallest absolute Gasteiger partial charge is 0.251 e. The van der Waals surface area contributed by atoms with Gasteiger partial charge in [0.2, 0.25) is 12.3 Å². The van der Waals surface area contributed by atoms with Gasteiger partial charge < -0.3 is 20.9 Å². The van der Waals surface area contributed by atoms with E-state index in [2.05, 4.69) is 54.8 Å². The predicted molar refractivity (Wildman–Crippen MR) is 164 cm³/mol. The van der Waals surface area contributed by atoms with Crippen molar-refractivity contribution in [2.75, 3.05) is 18.8 Å². The molecule has 5 rings (SSSR count). The molecule has 3 heterocycles. The van der Waals surface area contributed by atoms with Crippen LogP contribution < -0.4 is 16.6 Å². The van der Waals surface area contributed by atoms with E-state index in [1.807, 2.05) is 43.5 Å². The fraction of sp³-hybridized carbons (Fsp3) is 0.516. The Morgan fingerprint density at radius 1 is 1.29 bits per heavy atom. The van der Waals surface area contributed by atoms with Crippen molar-refractivity contribution in [1.82, 2.24) is 20.2 Å². The number of H-pyrrole nitrogens is 1. The summed E-state index contributed by atoms with van der Waals surface area (Å²) in [7, 11) is 0. The second-order valence-corrected chi connectivity index (χ2v) is 13.7. The Labute approximate surface area is 246 Å². The fourth-order valence-electron chi connectivity index (χ4n) is 5.24. The number of pyridine rings is 1. The summed E-state index contributed by atoms with van der Waals surface area (Å²) in [5.41, 5.74) is 9.03. The molecule has 220 valence electrons. The van der Waals surface area contributed by atoms with Crippen LogP contribution >= 0.6 is 11.3 Å². The number of nitrogens with one attached hydrogen (secondary N) is 2. The first kappa shape index (κ1) is 31.8. The summed E-state index contributed by atoms with van der Waals surface area (Å²) < 4.78 is 0. The second-order valence-electron chi connectivity index (χ2n) is 12.8. The highest BCUT2D eigenvalue weighted by Gasteiger charge is 2.62. The van der Waals surface area contributed by atoms with E-state index in [-0.39, 0.29) is 17.4 Å². The summed E-state index contributed by atoms with van der Waals surface area (Å²) >= 11 is 1.47. The molecule has 1 aromatic carbocycles. The zero-order valence-corrected chi connectivity index (χ0v) is 25.9. The number of nitrogen functional groups attached to an aromatic ring is 1. The molecule has 1 saturated carbocycles. The van der Waals surface area contributed by atoms with Crippen LogP contribution in [0.4, 0.5) is 5.13 Å². The van der Waals surface area contributed by atoms with Crippen molar-refractivity contribution in [3.05, 3.63) is 56.8 Å². The van der Waals surface area contributed by atoms with Gasteiger partial charge >= 0.3 is 0 Å². The molecule has 2 fully saturated rings. The standard InChI is InChI=1S/C14H13N3O2.C13H23NO.C4H6N2S/c1-9-2-3-13-10(4-9)5-11(14(19)17-13)6-12(7-15)16-8-18;1-12(2,3)6-11(15)14-7-9-10(8-14)13(9,4)5;1-3-2-7-4(5)6-3/h2-5,8,12H,6H2,1H3,(H,16,18)(H,17,19);9-10H,6-8H2,1-5H3;2H,1H3,(H2,5,6)/t;9-,10?;/m.0./s1. The van der Waals surface area contributed by atoms with Crippen molar-refractivity contribution < 1.29 is 9.59 Å². The Morgan fingerprint density at radius 2 is 1.95 bits per heavy atom. The number of hydrogen-bond donors (Lipinski definition) is 3. The monoisotopic (exact) mass is 578 g/mol. The Bertz CT molecular complexity index is 1450. The number of nitrogens with two attached hydrogens (primary N) is 1. The molecule has 2 amide bonds. The summed E-state index contributed by atoms with van der Waals surface area (Å²) in [6.45, 7) is 17.0. The number of hydrogen-bond acceptors (Lipinski definition) is 7. The van der Waals surface area contributed by atoms with Gasteiger partial charge in [-0.3, -0.25) is 14.4 Å². The number of aromatic amines is 1. The summed E-state index contributed by atoms with van der Waals surface area (Å²) in [6, 6.07) is 8.74. The number of likely N-dealkylation sites (tertiary alicyclic amines) is 1. The average molecular weight is 579 g/mol. The van der Waals surface area contributed by atoms with E-state index in [1.54, 1.807) is 6.07 Å². The van der Waals surface area contributed by atoms with Crippen LogP contribution in [0.2, 0.25) is 0 Å². The van der Waals surface area contributed by atoms with Crippen LogP contribution in [0.1, 0.15) is 57.9 Å². The van der Waals surface area contributed by atoms with Crippen LogP contribution in [0.3, 0.4) is 0 Å². The third kappa shape index (κ3) is 8.64. The molecule has 0 spiro atoms. The molecule has 1 saturated heterocycles. The molecule has 41 heavy (non-hydrogen) atoms. The molecule has 0 bridgehead atoms. The molecule has 9 nitrogen and oxygen atoms in total. The molecule has 3 atom stereocenters. The lowest BCUT2D eigenvalue weighted by Crippen LogP contribution is -2.35. The number of anilines is 1. The van der Waals surface area contributed by atoms with Gasteiger partial charge in [-0.05, 0) is 60.1 Å². The van der Waals surface area contributed by atoms with Crippen LogP contribution in [-0.2, 0) is 16.0 Å². The number of aromatic nitrogens is 2. The van der Waals surface area contributed by atoms with Crippen LogP contribution in [0.15, 0.2) is 34.4 Å². The van der Waals surface area contributed by atoms with Crippen molar-refractivity contribution in [2.45, 2.75) is 67.3 Å². The van der Waals surface area contributed by atoms with Crippen molar-refractivity contribution in [1.29, 1.82) is 5.26 Å². The summed E-state index contributed by atoms with van der Waals surface area (Å²) in [6.07, 6.45) is 1.34. The third-order valence-corrected chi connectivity index (χ3v) is 8.51. The van der Waals surface area contributed by atoms with Gasteiger partial charge in [-0.2, -0.15) is 5.26 Å². The number of piperidine rings is 1. The number of carbonyl (C=O) groups is 2. The minimum Gasteiger partial charge on any atom is -0.375 e. The van der Waals surface area contributed by atoms with Crippen LogP contribution in [0.5, 0.6) is 0 Å². The van der Waals surface area contributed by atoms with Gasteiger partial charge in [0.05, 0.1) is 11.8 Å². The Hall–Kier alpha value is -3.71. The lowest BCUT2D eigenvalue weighted by atomic mass is 9.91. The number of rotatable bonds is 5. The molecule has 1 aliphatic carbocycles. The van der Waals surface area contributed by atoms with Gasteiger partial charge in [0.15, 0.2) is 5.13 Å². The third-order valence-electron chi connectivity index (χ3n) is 7.72. The van der Waals surface area contributed by atoms with Crippen LogP contribution in [0.25, 0.3) is 10.9 Å². The Kier molecular flexibility index (Phi) is 9.98. The van der Waals surface area contributed by atoms with E-state index in [9.17, 15) is 14.4 Å². The lowest BCUT2D eigenvalue weighted by Gasteiger charge is -2.26. The highest BCUT2D eigenvalue weighted by Crippen LogP contribution is 2.62. The van der Waals surface area contributed by atoms with Gasteiger partial charge in [0.25, 0.3) is 5.56 Å². The van der Waals surface area contributed by atoms with Crippen molar-refractivity contribution in [2.24, 2.45) is 22.7 Å². The highest BCUT2D eigenvalue weighted by atomic mass is 32.1. The van der Waals surface area contributed by atoms with Crippen LogP contribution in [-0.4, -0.2) is 46.3 Å². The molecular formula is C31H42N6O3S. The zero-order valence-electron chi connectivity index (χ0n) is 25.1. The number of benzene rings is 1. The number of aryl methyl sites for hydroxylation is 2. The molecule has 0 radical (unpaired) electrons. The van der Waals surface area contributed by atoms with E-state index in [0.717, 1.165) is 47.1 Å². The topological polar surface area (TPSA) is 145 Å². The molecular weight excluding hydrogens is 536 g/mol. The van der Waals surface area contributed by atoms with Gasteiger partial charge in [0, 0.05) is 42.4 Å². The van der Waals surface area contributed by atoms with Crippen molar-refractivity contribution >= 4 is 39.7 Å². The average Bonchev–Trinajstić information content (AvgIpc) is 3.25. The first-order chi connectivity index (χ1) is 19.1. The minimum atomic E-state index is -0.694. The number of fused-ring (bicyclic) bond motifs is 2. The molecule has 4 N–H and O–H groups in total. The van der Waals surface area contributed by atoms with Gasteiger partial charge in [-0.25, -0.2) is 4.98 Å². The number of nitriles is 1. The summed E-state index contributed by atoms with van der Waals surface area (Å²) in [5, 5.41) is 14.7. The number of amides is 2. The molecule has 3 aromatic rings. The molecule has 2 aliphatic rings. The van der Waals surface area contributed by atoms with E-state index >= 15 is 0 Å².